The Morgan fingerprint density at radius 3 is 2.70 bits per heavy atom. The van der Waals surface area contributed by atoms with E-state index in [4.69, 9.17) is 0 Å². The predicted octanol–water partition coefficient (Wildman–Crippen LogP) is 1.89. The van der Waals surface area contributed by atoms with Crippen molar-refractivity contribution >= 4 is 17.4 Å². The van der Waals surface area contributed by atoms with Crippen LogP contribution in [0.3, 0.4) is 0 Å². The third-order valence-corrected chi connectivity index (χ3v) is 2.35. The molecule has 0 aliphatic rings. The van der Waals surface area contributed by atoms with Crippen LogP contribution in [0.1, 0.15) is 10.4 Å². The molecule has 2 rings (SSSR count). The van der Waals surface area contributed by atoms with Gasteiger partial charge in [-0.1, -0.05) is 6.07 Å². The van der Waals surface area contributed by atoms with Crippen molar-refractivity contribution < 1.29 is 14.1 Å². The van der Waals surface area contributed by atoms with E-state index in [0.29, 0.717) is 0 Å². The van der Waals surface area contributed by atoms with Crippen molar-refractivity contribution in [3.05, 3.63) is 64.1 Å². The van der Waals surface area contributed by atoms with Crippen LogP contribution in [0.4, 0.5) is 15.9 Å². The average molecular weight is 276 g/mol. The van der Waals surface area contributed by atoms with Crippen LogP contribution in [0.15, 0.2) is 42.6 Å². The van der Waals surface area contributed by atoms with Gasteiger partial charge in [-0.2, -0.15) is 0 Å². The second-order valence-electron chi connectivity index (χ2n) is 3.75. The third kappa shape index (κ3) is 3.25. The first-order valence-corrected chi connectivity index (χ1v) is 5.48. The molecule has 1 amide bonds. The first-order valence-electron chi connectivity index (χ1n) is 5.48. The van der Waals surface area contributed by atoms with Gasteiger partial charge in [-0.3, -0.25) is 25.8 Å². The monoisotopic (exact) mass is 276 g/mol. The normalized spacial score (nSPS) is 9.85. The van der Waals surface area contributed by atoms with E-state index >= 15 is 0 Å². The number of hydrogen-bond acceptors (Lipinski definition) is 5. The van der Waals surface area contributed by atoms with Gasteiger partial charge in [-0.05, 0) is 24.3 Å². The second-order valence-corrected chi connectivity index (χ2v) is 3.75. The lowest BCUT2D eigenvalue weighted by molar-refractivity contribution is -0.385. The maximum Gasteiger partial charge on any atom is 0.287 e. The van der Waals surface area contributed by atoms with E-state index in [9.17, 15) is 19.3 Å². The Labute approximate surface area is 112 Å². The van der Waals surface area contributed by atoms with E-state index in [1.54, 1.807) is 0 Å². The Bertz CT molecular complexity index is 645. The molecule has 0 aliphatic heterocycles. The average Bonchev–Trinajstić information content (AvgIpc) is 2.45. The number of nitrogens with one attached hydrogen (secondary N) is 2. The summed E-state index contributed by atoms with van der Waals surface area (Å²) in [6.07, 6.45) is 1.05. The fourth-order valence-electron chi connectivity index (χ4n) is 1.39. The van der Waals surface area contributed by atoms with E-state index in [-0.39, 0.29) is 17.1 Å². The molecule has 0 unspecified atom stereocenters. The molecule has 1 aromatic carbocycles. The lowest BCUT2D eigenvalue weighted by Gasteiger charge is -2.07. The Kier molecular flexibility index (Phi) is 3.85. The first kappa shape index (κ1) is 13.4. The summed E-state index contributed by atoms with van der Waals surface area (Å²) in [4.78, 5) is 25.3. The molecular formula is C12H9FN4O3. The molecule has 0 aliphatic carbocycles. The van der Waals surface area contributed by atoms with Gasteiger partial charge in [0.15, 0.2) is 0 Å². The summed E-state index contributed by atoms with van der Waals surface area (Å²) in [6.45, 7) is 0. The largest absolute Gasteiger partial charge is 0.287 e. The summed E-state index contributed by atoms with van der Waals surface area (Å²) in [6, 6.07) is 7.74. The minimum atomic E-state index is -0.581. The second kappa shape index (κ2) is 5.74. The summed E-state index contributed by atoms with van der Waals surface area (Å²) in [7, 11) is 0. The van der Waals surface area contributed by atoms with Crippen molar-refractivity contribution in [2.75, 3.05) is 5.43 Å². The van der Waals surface area contributed by atoms with Gasteiger partial charge in [-0.15, -0.1) is 0 Å². The Hall–Kier alpha value is -3.03. The minimum absolute atomic E-state index is 0.138. The Morgan fingerprint density at radius 1 is 1.30 bits per heavy atom. The number of halogens is 1. The molecule has 2 aromatic rings. The number of benzene rings is 1. The Morgan fingerprint density at radius 2 is 2.10 bits per heavy atom. The smallest absolute Gasteiger partial charge is 0.282 e. The molecule has 8 heteroatoms. The summed E-state index contributed by atoms with van der Waals surface area (Å²) >= 11 is 0. The van der Waals surface area contributed by atoms with Crippen LogP contribution >= 0.6 is 0 Å². The standard InChI is InChI=1S/C12H9FN4O3/c13-9-3-1-2-8(6-9)12(18)16-15-11-5-4-10(7-14-11)17(19)20/h1-7H,(H,14,15)(H,16,18). The number of nitro groups is 1. The number of carbonyl (C=O) groups is 1. The van der Waals surface area contributed by atoms with Crippen LogP contribution in [-0.2, 0) is 0 Å². The van der Waals surface area contributed by atoms with Gasteiger partial charge in [0.2, 0.25) is 0 Å². The van der Waals surface area contributed by atoms with Crippen LogP contribution < -0.4 is 10.9 Å². The zero-order chi connectivity index (χ0) is 14.5. The van der Waals surface area contributed by atoms with Crippen molar-refractivity contribution in [3.63, 3.8) is 0 Å². The zero-order valence-electron chi connectivity index (χ0n) is 10.0. The number of carbonyl (C=O) groups excluding carboxylic acids is 1. The van der Waals surface area contributed by atoms with Crippen molar-refractivity contribution in [2.24, 2.45) is 0 Å². The highest BCUT2D eigenvalue weighted by atomic mass is 19.1. The quantitative estimate of drug-likeness (QED) is 0.656. The summed E-state index contributed by atoms with van der Waals surface area (Å²) in [5.74, 6) is -0.851. The van der Waals surface area contributed by atoms with Crippen molar-refractivity contribution in [1.82, 2.24) is 10.4 Å². The molecule has 0 fully saturated rings. The van der Waals surface area contributed by atoms with Crippen molar-refractivity contribution in [1.29, 1.82) is 0 Å². The number of anilines is 1. The van der Waals surface area contributed by atoms with Gasteiger partial charge in [0.05, 0.1) is 4.92 Å². The maximum absolute atomic E-state index is 12.9. The van der Waals surface area contributed by atoms with Gasteiger partial charge in [-0.25, -0.2) is 9.37 Å². The number of nitrogens with zero attached hydrogens (tertiary/aromatic N) is 2. The molecule has 1 heterocycles. The maximum atomic E-state index is 12.9. The van der Waals surface area contributed by atoms with Gasteiger partial charge in [0, 0.05) is 11.6 Å². The molecule has 0 saturated carbocycles. The number of rotatable bonds is 4. The highest BCUT2D eigenvalue weighted by molar-refractivity contribution is 5.94. The Balaban J connectivity index is 1.98. The molecule has 0 atom stereocenters. The predicted molar refractivity (Wildman–Crippen MR) is 68.4 cm³/mol. The highest BCUT2D eigenvalue weighted by Crippen LogP contribution is 2.11. The fraction of sp³-hybridized carbons (Fsp3) is 0. The van der Waals surface area contributed by atoms with E-state index in [0.717, 1.165) is 12.3 Å². The topological polar surface area (TPSA) is 97.2 Å². The molecule has 0 radical (unpaired) electrons. The molecule has 0 spiro atoms. The lowest BCUT2D eigenvalue weighted by Crippen LogP contribution is -2.29. The molecule has 20 heavy (non-hydrogen) atoms. The summed E-state index contributed by atoms with van der Waals surface area (Å²) < 4.78 is 12.9. The van der Waals surface area contributed by atoms with Crippen LogP contribution in [0.5, 0.6) is 0 Å². The fourth-order valence-corrected chi connectivity index (χ4v) is 1.39. The highest BCUT2D eigenvalue weighted by Gasteiger charge is 2.08. The van der Waals surface area contributed by atoms with Crippen LogP contribution in [0.2, 0.25) is 0 Å². The third-order valence-electron chi connectivity index (χ3n) is 2.35. The van der Waals surface area contributed by atoms with Gasteiger partial charge < -0.3 is 0 Å². The molecule has 102 valence electrons. The molecular weight excluding hydrogens is 267 g/mol. The van der Waals surface area contributed by atoms with Crippen LogP contribution in [0.25, 0.3) is 0 Å². The van der Waals surface area contributed by atoms with Crippen LogP contribution in [-0.4, -0.2) is 15.8 Å². The van der Waals surface area contributed by atoms with Gasteiger partial charge in [0.25, 0.3) is 11.6 Å². The number of hydrazine groups is 1. The van der Waals surface area contributed by atoms with Crippen molar-refractivity contribution in [3.8, 4) is 0 Å². The van der Waals surface area contributed by atoms with Gasteiger partial charge >= 0.3 is 0 Å². The number of hydrogen-bond donors (Lipinski definition) is 2. The SMILES string of the molecule is O=C(NNc1ccc([N+](=O)[O-])cn1)c1cccc(F)c1. The molecule has 1 aromatic heterocycles. The lowest BCUT2D eigenvalue weighted by atomic mass is 10.2. The number of aromatic nitrogens is 1. The molecule has 0 saturated heterocycles. The van der Waals surface area contributed by atoms with E-state index in [1.807, 2.05) is 0 Å². The number of amides is 1. The first-order chi connectivity index (χ1) is 9.56. The molecule has 7 nitrogen and oxygen atoms in total. The minimum Gasteiger partial charge on any atom is -0.282 e. The van der Waals surface area contributed by atoms with Gasteiger partial charge in [0.1, 0.15) is 17.8 Å². The zero-order valence-corrected chi connectivity index (χ0v) is 10.0. The summed E-state index contributed by atoms with van der Waals surface area (Å²) in [5.41, 5.74) is 4.75. The summed E-state index contributed by atoms with van der Waals surface area (Å²) in [5, 5.41) is 10.4. The van der Waals surface area contributed by atoms with E-state index in [2.05, 4.69) is 15.8 Å². The van der Waals surface area contributed by atoms with Crippen LogP contribution in [0, 0.1) is 15.9 Å². The molecule has 2 N–H and O–H groups in total. The molecule has 0 bridgehead atoms. The van der Waals surface area contributed by atoms with E-state index < -0.39 is 16.6 Å². The van der Waals surface area contributed by atoms with Crippen molar-refractivity contribution in [2.45, 2.75) is 0 Å². The number of pyridine rings is 1. The van der Waals surface area contributed by atoms with E-state index in [1.165, 1.54) is 30.3 Å².